The summed E-state index contributed by atoms with van der Waals surface area (Å²) in [7, 11) is 0. The number of hydrogen-bond acceptors (Lipinski definition) is 3. The number of nitrogens with one attached hydrogen (secondary N) is 1. The van der Waals surface area contributed by atoms with E-state index in [2.05, 4.69) is 48.1 Å². The van der Waals surface area contributed by atoms with Crippen molar-refractivity contribution < 1.29 is 0 Å². The van der Waals surface area contributed by atoms with Gasteiger partial charge in [-0.3, -0.25) is 0 Å². The van der Waals surface area contributed by atoms with Gasteiger partial charge in [0.05, 0.1) is 0 Å². The Morgan fingerprint density at radius 2 is 2.32 bits per heavy atom. The summed E-state index contributed by atoms with van der Waals surface area (Å²) in [6, 6.07) is 5.41. The Labute approximate surface area is 117 Å². The highest BCUT2D eigenvalue weighted by atomic mass is 15.2. The van der Waals surface area contributed by atoms with Crippen molar-refractivity contribution in [3.63, 3.8) is 0 Å². The van der Waals surface area contributed by atoms with Gasteiger partial charge in [0.25, 0.3) is 0 Å². The third-order valence-electron chi connectivity index (χ3n) is 4.07. The van der Waals surface area contributed by atoms with Crippen LogP contribution in [0.15, 0.2) is 18.3 Å². The van der Waals surface area contributed by atoms with Gasteiger partial charge >= 0.3 is 0 Å². The van der Waals surface area contributed by atoms with Crippen LogP contribution in [0.3, 0.4) is 0 Å². The van der Waals surface area contributed by atoms with Gasteiger partial charge in [0.2, 0.25) is 0 Å². The monoisotopic (exact) mass is 261 g/mol. The first-order chi connectivity index (χ1) is 9.22. The van der Waals surface area contributed by atoms with Crippen LogP contribution in [0.25, 0.3) is 0 Å². The Hall–Kier alpha value is -1.09. The van der Waals surface area contributed by atoms with Crippen LogP contribution in [0.1, 0.15) is 58.1 Å². The number of piperidine rings is 1. The van der Waals surface area contributed by atoms with E-state index in [4.69, 9.17) is 0 Å². The van der Waals surface area contributed by atoms with Crippen molar-refractivity contribution in [1.29, 1.82) is 0 Å². The zero-order valence-electron chi connectivity index (χ0n) is 12.5. The molecule has 2 rings (SSSR count). The molecule has 2 atom stereocenters. The number of aromatic nitrogens is 1. The van der Waals surface area contributed by atoms with Crippen molar-refractivity contribution in [2.45, 2.75) is 58.5 Å². The van der Waals surface area contributed by atoms with E-state index in [0.29, 0.717) is 12.1 Å². The van der Waals surface area contributed by atoms with Crippen LogP contribution >= 0.6 is 0 Å². The van der Waals surface area contributed by atoms with E-state index in [1.165, 1.54) is 31.2 Å². The van der Waals surface area contributed by atoms with E-state index in [1.807, 2.05) is 6.20 Å². The Bertz CT molecular complexity index is 391. The highest BCUT2D eigenvalue weighted by Crippen LogP contribution is 2.25. The summed E-state index contributed by atoms with van der Waals surface area (Å²) in [6.07, 6.45) is 7.06. The molecule has 0 radical (unpaired) electrons. The Morgan fingerprint density at radius 3 is 3.05 bits per heavy atom. The molecule has 1 aliphatic heterocycles. The maximum Gasteiger partial charge on any atom is 0.129 e. The Kier molecular flexibility index (Phi) is 5.20. The molecule has 3 nitrogen and oxygen atoms in total. The maximum absolute atomic E-state index is 4.57. The van der Waals surface area contributed by atoms with E-state index in [9.17, 15) is 0 Å². The van der Waals surface area contributed by atoms with Crippen LogP contribution < -0.4 is 10.2 Å². The van der Waals surface area contributed by atoms with Crippen LogP contribution in [-0.2, 0) is 0 Å². The molecular weight excluding hydrogens is 234 g/mol. The predicted octanol–water partition coefficient (Wildman–Crippen LogP) is 3.52. The molecular formula is C16H27N3. The van der Waals surface area contributed by atoms with Gasteiger partial charge in [-0.05, 0) is 63.8 Å². The average Bonchev–Trinajstić information content (AvgIpc) is 2.45. The van der Waals surface area contributed by atoms with E-state index in [1.54, 1.807) is 0 Å². The first kappa shape index (κ1) is 14.3. The first-order valence-corrected chi connectivity index (χ1v) is 7.68. The molecule has 1 aromatic heterocycles. The zero-order valence-corrected chi connectivity index (χ0v) is 12.5. The van der Waals surface area contributed by atoms with Crippen LogP contribution in [0.4, 0.5) is 5.82 Å². The fourth-order valence-electron chi connectivity index (χ4n) is 2.78. The van der Waals surface area contributed by atoms with Crippen LogP contribution in [0.2, 0.25) is 0 Å². The molecule has 1 saturated heterocycles. The molecule has 2 unspecified atom stereocenters. The summed E-state index contributed by atoms with van der Waals surface area (Å²) in [4.78, 5) is 7.03. The highest BCUT2D eigenvalue weighted by Gasteiger charge is 2.20. The van der Waals surface area contributed by atoms with Crippen LogP contribution in [-0.4, -0.2) is 24.1 Å². The summed E-state index contributed by atoms with van der Waals surface area (Å²) in [5.74, 6) is 1.15. The topological polar surface area (TPSA) is 28.2 Å². The van der Waals surface area contributed by atoms with Crippen molar-refractivity contribution in [2.75, 3.05) is 18.0 Å². The maximum atomic E-state index is 4.57. The number of nitrogens with zero attached hydrogens (tertiary/aromatic N) is 2. The lowest BCUT2D eigenvalue weighted by atomic mass is 10.0. The minimum Gasteiger partial charge on any atom is -0.354 e. The summed E-state index contributed by atoms with van der Waals surface area (Å²) in [6.45, 7) is 8.96. The summed E-state index contributed by atoms with van der Waals surface area (Å²) < 4.78 is 0. The molecule has 0 saturated carbocycles. The fourth-order valence-corrected chi connectivity index (χ4v) is 2.78. The van der Waals surface area contributed by atoms with Gasteiger partial charge in [0.1, 0.15) is 5.82 Å². The molecule has 19 heavy (non-hydrogen) atoms. The van der Waals surface area contributed by atoms with Gasteiger partial charge in [0.15, 0.2) is 0 Å². The fraction of sp³-hybridized carbons (Fsp3) is 0.688. The van der Waals surface area contributed by atoms with E-state index in [-0.39, 0.29) is 0 Å². The number of hydrogen-bond donors (Lipinski definition) is 1. The lowest BCUT2D eigenvalue weighted by Gasteiger charge is -2.34. The lowest BCUT2D eigenvalue weighted by molar-refractivity contribution is 0.480. The smallest absolute Gasteiger partial charge is 0.129 e. The average molecular weight is 261 g/mol. The lowest BCUT2D eigenvalue weighted by Crippen LogP contribution is -2.38. The third-order valence-corrected chi connectivity index (χ3v) is 4.07. The minimum atomic E-state index is 0.404. The third kappa shape index (κ3) is 3.69. The molecule has 0 bridgehead atoms. The van der Waals surface area contributed by atoms with Gasteiger partial charge < -0.3 is 10.2 Å². The molecule has 0 aliphatic carbocycles. The second kappa shape index (κ2) is 6.90. The van der Waals surface area contributed by atoms with E-state index >= 15 is 0 Å². The van der Waals surface area contributed by atoms with Gasteiger partial charge in [-0.25, -0.2) is 4.98 Å². The standard InChI is InChI=1S/C16H27N3/c1-4-9-17-14(3)15-8-10-18-16(12-15)19-11-6-5-7-13(19)2/h8,10,12-14,17H,4-7,9,11H2,1-3H3. The summed E-state index contributed by atoms with van der Waals surface area (Å²) in [5, 5.41) is 3.54. The summed E-state index contributed by atoms with van der Waals surface area (Å²) >= 11 is 0. The van der Waals surface area contributed by atoms with Crippen molar-refractivity contribution in [3.8, 4) is 0 Å². The second-order valence-electron chi connectivity index (χ2n) is 5.66. The normalized spacial score (nSPS) is 21.4. The number of pyridine rings is 1. The van der Waals surface area contributed by atoms with E-state index < -0.39 is 0 Å². The largest absolute Gasteiger partial charge is 0.354 e. The van der Waals surface area contributed by atoms with Gasteiger partial charge in [-0.2, -0.15) is 0 Å². The highest BCUT2D eigenvalue weighted by molar-refractivity contribution is 5.43. The van der Waals surface area contributed by atoms with Gasteiger partial charge in [-0.15, -0.1) is 0 Å². The molecule has 106 valence electrons. The Morgan fingerprint density at radius 1 is 1.47 bits per heavy atom. The molecule has 0 spiro atoms. The molecule has 1 aliphatic rings. The molecule has 2 heterocycles. The first-order valence-electron chi connectivity index (χ1n) is 7.68. The van der Waals surface area contributed by atoms with Gasteiger partial charge in [-0.1, -0.05) is 6.92 Å². The zero-order chi connectivity index (χ0) is 13.7. The van der Waals surface area contributed by atoms with Crippen molar-refractivity contribution in [2.24, 2.45) is 0 Å². The number of anilines is 1. The molecule has 1 N–H and O–H groups in total. The minimum absolute atomic E-state index is 0.404. The molecule has 0 aromatic carbocycles. The Balaban J connectivity index is 2.09. The predicted molar refractivity (Wildman–Crippen MR) is 81.6 cm³/mol. The quantitative estimate of drug-likeness (QED) is 0.879. The van der Waals surface area contributed by atoms with E-state index in [0.717, 1.165) is 18.9 Å². The SMILES string of the molecule is CCCNC(C)c1ccnc(N2CCCCC2C)c1. The van der Waals surface area contributed by atoms with Crippen LogP contribution in [0.5, 0.6) is 0 Å². The second-order valence-corrected chi connectivity index (χ2v) is 5.66. The molecule has 1 aromatic rings. The van der Waals surface area contributed by atoms with Crippen molar-refractivity contribution >= 4 is 5.82 Å². The van der Waals surface area contributed by atoms with Crippen molar-refractivity contribution in [3.05, 3.63) is 23.9 Å². The molecule has 0 amide bonds. The van der Waals surface area contributed by atoms with Gasteiger partial charge in [0, 0.05) is 24.8 Å². The molecule has 1 fully saturated rings. The van der Waals surface area contributed by atoms with Crippen molar-refractivity contribution in [1.82, 2.24) is 10.3 Å². The summed E-state index contributed by atoms with van der Waals surface area (Å²) in [5.41, 5.74) is 1.34. The number of rotatable bonds is 5. The molecule has 3 heteroatoms. The van der Waals surface area contributed by atoms with Crippen LogP contribution in [0, 0.1) is 0 Å².